The minimum atomic E-state index is -4.15. The Morgan fingerprint density at radius 3 is 2.81 bits per heavy atom. The molecule has 0 saturated heterocycles. The smallest absolute Gasteiger partial charge is 0.271 e. The van der Waals surface area contributed by atoms with Crippen molar-refractivity contribution >= 4 is 11.6 Å². The number of nitrogens with one attached hydrogen (secondary N) is 1. The lowest BCUT2D eigenvalue weighted by atomic mass is 9.76. The van der Waals surface area contributed by atoms with Crippen molar-refractivity contribution in [3.8, 4) is 0 Å². The van der Waals surface area contributed by atoms with E-state index in [2.05, 4.69) is 10.5 Å². The lowest BCUT2D eigenvalue weighted by molar-refractivity contribution is -0.186. The molecule has 3 atom stereocenters. The first kappa shape index (κ1) is 16.6. The van der Waals surface area contributed by atoms with Gasteiger partial charge in [0.05, 0.1) is 28.9 Å². The summed E-state index contributed by atoms with van der Waals surface area (Å²) in [7, 11) is 0. The molecule has 1 fully saturated rings. The van der Waals surface area contributed by atoms with E-state index in [1.54, 1.807) is 4.68 Å². The standard InChI is InChI=1S/C13H20ClF3N4/c1-2-21-12(10(14)7-19-21)11(20-18)8-4-3-5-9(6-8)13(15,16)17/h7-9,11,20H,2-6,18H2,1H3. The monoisotopic (exact) mass is 324 g/mol. The van der Waals surface area contributed by atoms with E-state index in [4.69, 9.17) is 17.4 Å². The number of nitrogens with zero attached hydrogens (tertiary/aromatic N) is 2. The van der Waals surface area contributed by atoms with Gasteiger partial charge in [0.15, 0.2) is 0 Å². The summed E-state index contributed by atoms with van der Waals surface area (Å²) in [5.74, 6) is 4.15. The minimum absolute atomic E-state index is 0.0730. The van der Waals surface area contributed by atoms with E-state index in [-0.39, 0.29) is 18.8 Å². The normalized spacial score (nSPS) is 25.0. The van der Waals surface area contributed by atoms with E-state index < -0.39 is 18.1 Å². The first-order valence-corrected chi connectivity index (χ1v) is 7.50. The Kier molecular flexibility index (Phi) is 5.16. The van der Waals surface area contributed by atoms with E-state index in [1.165, 1.54) is 6.20 Å². The number of aryl methyl sites for hydroxylation is 1. The van der Waals surface area contributed by atoms with Crippen LogP contribution >= 0.6 is 11.6 Å². The second-order valence-corrected chi connectivity index (χ2v) is 5.91. The molecule has 1 aromatic heterocycles. The third-order valence-corrected chi connectivity index (χ3v) is 4.55. The Morgan fingerprint density at radius 2 is 2.24 bits per heavy atom. The number of rotatable bonds is 4. The average Bonchev–Trinajstić information content (AvgIpc) is 2.81. The molecule has 4 nitrogen and oxygen atoms in total. The van der Waals surface area contributed by atoms with Crippen molar-refractivity contribution in [3.05, 3.63) is 16.9 Å². The third kappa shape index (κ3) is 3.52. The van der Waals surface area contributed by atoms with Crippen LogP contribution in [0.5, 0.6) is 0 Å². The van der Waals surface area contributed by atoms with Crippen LogP contribution in [0.15, 0.2) is 6.20 Å². The largest absolute Gasteiger partial charge is 0.391 e. The number of aromatic nitrogens is 2. The Morgan fingerprint density at radius 1 is 1.52 bits per heavy atom. The van der Waals surface area contributed by atoms with E-state index in [0.29, 0.717) is 30.1 Å². The summed E-state index contributed by atoms with van der Waals surface area (Å²) < 4.78 is 40.5. The van der Waals surface area contributed by atoms with Crippen LogP contribution in [0.1, 0.15) is 44.3 Å². The maximum Gasteiger partial charge on any atom is 0.391 e. The van der Waals surface area contributed by atoms with E-state index in [1.807, 2.05) is 6.92 Å². The van der Waals surface area contributed by atoms with Crippen LogP contribution in [0, 0.1) is 11.8 Å². The van der Waals surface area contributed by atoms with Crippen LogP contribution in [-0.4, -0.2) is 16.0 Å². The van der Waals surface area contributed by atoms with Gasteiger partial charge < -0.3 is 0 Å². The topological polar surface area (TPSA) is 55.9 Å². The highest BCUT2D eigenvalue weighted by atomic mass is 35.5. The van der Waals surface area contributed by atoms with Gasteiger partial charge in [-0.3, -0.25) is 16.0 Å². The molecule has 1 saturated carbocycles. The number of hydrogen-bond acceptors (Lipinski definition) is 3. The van der Waals surface area contributed by atoms with Crippen molar-refractivity contribution in [2.24, 2.45) is 17.7 Å². The van der Waals surface area contributed by atoms with Crippen LogP contribution in [0.3, 0.4) is 0 Å². The summed E-state index contributed by atoms with van der Waals surface area (Å²) in [6.45, 7) is 2.50. The minimum Gasteiger partial charge on any atom is -0.271 e. The van der Waals surface area contributed by atoms with Crippen LogP contribution in [0.25, 0.3) is 0 Å². The molecule has 0 spiro atoms. The maximum absolute atomic E-state index is 13.0. The number of halogens is 4. The van der Waals surface area contributed by atoms with E-state index in [0.717, 1.165) is 0 Å². The summed E-state index contributed by atoms with van der Waals surface area (Å²) in [5.41, 5.74) is 3.32. The fraction of sp³-hybridized carbons (Fsp3) is 0.769. The van der Waals surface area contributed by atoms with Crippen LogP contribution in [-0.2, 0) is 6.54 Å². The van der Waals surface area contributed by atoms with Crippen molar-refractivity contribution in [3.63, 3.8) is 0 Å². The fourth-order valence-electron chi connectivity index (χ4n) is 3.20. The van der Waals surface area contributed by atoms with Gasteiger partial charge in [-0.05, 0) is 32.1 Å². The lowest BCUT2D eigenvalue weighted by Gasteiger charge is -2.35. The Hall–Kier alpha value is -0.790. The molecule has 0 amide bonds. The summed E-state index contributed by atoms with van der Waals surface area (Å²) >= 11 is 6.14. The molecule has 0 aromatic carbocycles. The van der Waals surface area contributed by atoms with Gasteiger partial charge in [0.2, 0.25) is 0 Å². The summed E-state index contributed by atoms with van der Waals surface area (Å²) in [4.78, 5) is 0. The SMILES string of the molecule is CCn1ncc(Cl)c1C(NN)C1CCCC(C(F)(F)F)C1. The van der Waals surface area contributed by atoms with Gasteiger partial charge in [-0.15, -0.1) is 0 Å². The predicted octanol–water partition coefficient (Wildman–Crippen LogP) is 3.43. The van der Waals surface area contributed by atoms with Gasteiger partial charge in [0, 0.05) is 6.54 Å². The van der Waals surface area contributed by atoms with Gasteiger partial charge in [0.25, 0.3) is 0 Å². The summed E-state index contributed by atoms with van der Waals surface area (Å²) in [5, 5.41) is 4.57. The van der Waals surface area contributed by atoms with E-state index in [9.17, 15) is 13.2 Å². The molecule has 1 heterocycles. The van der Waals surface area contributed by atoms with Crippen molar-refractivity contribution in [2.75, 3.05) is 0 Å². The second kappa shape index (κ2) is 6.54. The van der Waals surface area contributed by atoms with Crippen molar-refractivity contribution < 1.29 is 13.2 Å². The van der Waals surface area contributed by atoms with Gasteiger partial charge in [-0.25, -0.2) is 0 Å². The second-order valence-electron chi connectivity index (χ2n) is 5.50. The van der Waals surface area contributed by atoms with Gasteiger partial charge >= 0.3 is 6.18 Å². The zero-order chi connectivity index (χ0) is 15.6. The molecule has 3 unspecified atom stereocenters. The van der Waals surface area contributed by atoms with Gasteiger partial charge in [0.1, 0.15) is 0 Å². The van der Waals surface area contributed by atoms with Crippen molar-refractivity contribution in [1.82, 2.24) is 15.2 Å². The number of nitrogens with two attached hydrogens (primary N) is 1. The summed E-state index contributed by atoms with van der Waals surface area (Å²) in [6, 6.07) is -0.412. The Bertz CT molecular complexity index is 474. The average molecular weight is 325 g/mol. The van der Waals surface area contributed by atoms with Crippen molar-refractivity contribution in [2.45, 2.75) is 51.4 Å². The molecule has 21 heavy (non-hydrogen) atoms. The van der Waals surface area contributed by atoms with Gasteiger partial charge in [-0.1, -0.05) is 18.0 Å². The highest BCUT2D eigenvalue weighted by Gasteiger charge is 2.44. The molecule has 0 radical (unpaired) electrons. The predicted molar refractivity (Wildman–Crippen MR) is 74.5 cm³/mol. The molecule has 1 aromatic rings. The van der Waals surface area contributed by atoms with Gasteiger partial charge in [-0.2, -0.15) is 18.3 Å². The molecule has 1 aliphatic rings. The molecular weight excluding hydrogens is 305 g/mol. The van der Waals surface area contributed by atoms with E-state index >= 15 is 0 Å². The Balaban J connectivity index is 2.23. The molecule has 0 bridgehead atoms. The fourth-order valence-corrected chi connectivity index (χ4v) is 3.46. The van der Waals surface area contributed by atoms with Crippen LogP contribution in [0.4, 0.5) is 13.2 Å². The third-order valence-electron chi connectivity index (χ3n) is 4.26. The van der Waals surface area contributed by atoms with Crippen LogP contribution < -0.4 is 11.3 Å². The highest BCUT2D eigenvalue weighted by molar-refractivity contribution is 6.31. The molecular formula is C13H20ClF3N4. The Labute approximate surface area is 126 Å². The quantitative estimate of drug-likeness (QED) is 0.659. The van der Waals surface area contributed by atoms with Crippen molar-refractivity contribution in [1.29, 1.82) is 0 Å². The molecule has 0 aliphatic heterocycles. The zero-order valence-electron chi connectivity index (χ0n) is 11.8. The first-order chi connectivity index (χ1) is 9.88. The number of hydrazine groups is 1. The lowest BCUT2D eigenvalue weighted by Crippen LogP contribution is -2.39. The maximum atomic E-state index is 13.0. The molecule has 3 N–H and O–H groups in total. The molecule has 1 aliphatic carbocycles. The summed E-state index contributed by atoms with van der Waals surface area (Å²) in [6.07, 6.45) is -1.12. The molecule has 8 heteroatoms. The zero-order valence-corrected chi connectivity index (χ0v) is 12.6. The first-order valence-electron chi connectivity index (χ1n) is 7.12. The highest BCUT2D eigenvalue weighted by Crippen LogP contribution is 2.44. The molecule has 120 valence electrons. The van der Waals surface area contributed by atoms with Crippen LogP contribution in [0.2, 0.25) is 5.02 Å². The number of alkyl halides is 3. The number of hydrogen-bond donors (Lipinski definition) is 2. The molecule has 2 rings (SSSR count).